The van der Waals surface area contributed by atoms with E-state index >= 15 is 0 Å². The van der Waals surface area contributed by atoms with Crippen LogP contribution in [-0.2, 0) is 9.59 Å². The quantitative estimate of drug-likeness (QED) is 0.700. The van der Waals surface area contributed by atoms with Crippen LogP contribution in [0.25, 0.3) is 0 Å². The lowest BCUT2D eigenvalue weighted by molar-refractivity contribution is -0.142. The van der Waals surface area contributed by atoms with Crippen LogP contribution in [0.15, 0.2) is 30.3 Å². The third-order valence-corrected chi connectivity index (χ3v) is 2.19. The number of hydrogen-bond acceptors (Lipinski definition) is 3. The molecule has 0 aliphatic carbocycles. The first kappa shape index (κ1) is 13.2. The number of carboxylic acids is 1. The Morgan fingerprint density at radius 2 is 1.94 bits per heavy atom. The van der Waals surface area contributed by atoms with E-state index in [-0.39, 0.29) is 18.4 Å². The van der Waals surface area contributed by atoms with Gasteiger partial charge >= 0.3 is 5.97 Å². The minimum Gasteiger partial charge on any atom is -0.479 e. The molecule has 0 aliphatic heterocycles. The van der Waals surface area contributed by atoms with E-state index in [2.05, 4.69) is 5.32 Å². The molecule has 0 aliphatic rings. The first-order valence-electron chi connectivity index (χ1n) is 5.33. The maximum atomic E-state index is 11.5. The molecule has 1 aromatic rings. The van der Waals surface area contributed by atoms with E-state index in [9.17, 15) is 9.59 Å². The maximum absolute atomic E-state index is 11.5. The first-order chi connectivity index (χ1) is 8.00. The van der Waals surface area contributed by atoms with Gasteiger partial charge in [0.05, 0.1) is 0 Å². The maximum Gasteiger partial charge on any atom is 0.330 e. The zero-order valence-corrected chi connectivity index (χ0v) is 9.59. The fourth-order valence-corrected chi connectivity index (χ4v) is 1.45. The van der Waals surface area contributed by atoms with Gasteiger partial charge in [-0.15, -0.1) is 0 Å². The standard InChI is InChI=1S/C12H16N2O3/c1-8(13)7-10(15)14-11(12(16)17)9-5-3-2-4-6-9/h2-6,8,11H,7,13H2,1H3,(H,14,15)(H,16,17)/t8?,11-/m1/s1. The van der Waals surface area contributed by atoms with Crippen LogP contribution in [0.3, 0.4) is 0 Å². The number of carbonyl (C=O) groups is 2. The number of nitrogens with two attached hydrogens (primary N) is 1. The number of hydrogen-bond donors (Lipinski definition) is 3. The fraction of sp³-hybridized carbons (Fsp3) is 0.333. The van der Waals surface area contributed by atoms with Gasteiger partial charge in [-0.25, -0.2) is 4.79 Å². The highest BCUT2D eigenvalue weighted by Gasteiger charge is 2.21. The van der Waals surface area contributed by atoms with Gasteiger partial charge in [-0.1, -0.05) is 30.3 Å². The molecule has 17 heavy (non-hydrogen) atoms. The van der Waals surface area contributed by atoms with Gasteiger partial charge in [0, 0.05) is 12.5 Å². The number of amides is 1. The van der Waals surface area contributed by atoms with Crippen LogP contribution in [0, 0.1) is 0 Å². The number of rotatable bonds is 5. The van der Waals surface area contributed by atoms with Gasteiger partial charge < -0.3 is 16.2 Å². The molecule has 92 valence electrons. The Hall–Kier alpha value is -1.88. The molecule has 1 rings (SSSR count). The van der Waals surface area contributed by atoms with Crippen molar-refractivity contribution in [1.82, 2.24) is 5.32 Å². The Balaban J connectivity index is 2.75. The lowest BCUT2D eigenvalue weighted by Crippen LogP contribution is -2.36. The molecule has 0 fully saturated rings. The van der Waals surface area contributed by atoms with Crippen LogP contribution >= 0.6 is 0 Å². The largest absolute Gasteiger partial charge is 0.479 e. The molecule has 2 atom stereocenters. The molecule has 0 bridgehead atoms. The zero-order valence-electron chi connectivity index (χ0n) is 9.59. The summed E-state index contributed by atoms with van der Waals surface area (Å²) in [6, 6.07) is 7.23. The van der Waals surface area contributed by atoms with E-state index in [0.717, 1.165) is 0 Å². The molecule has 1 aromatic carbocycles. The molecule has 0 aromatic heterocycles. The average molecular weight is 236 g/mol. The predicted molar refractivity (Wildman–Crippen MR) is 63.2 cm³/mol. The fourth-order valence-electron chi connectivity index (χ4n) is 1.45. The summed E-state index contributed by atoms with van der Waals surface area (Å²) in [6.07, 6.45) is 0.108. The molecule has 5 heteroatoms. The van der Waals surface area contributed by atoms with Crippen molar-refractivity contribution in [2.24, 2.45) is 5.73 Å². The highest BCUT2D eigenvalue weighted by Crippen LogP contribution is 2.12. The van der Waals surface area contributed by atoms with E-state index in [1.807, 2.05) is 0 Å². The molecule has 1 amide bonds. The van der Waals surface area contributed by atoms with E-state index in [1.165, 1.54) is 0 Å². The summed E-state index contributed by atoms with van der Waals surface area (Å²) < 4.78 is 0. The minimum atomic E-state index is -1.09. The Morgan fingerprint density at radius 3 is 2.41 bits per heavy atom. The van der Waals surface area contributed by atoms with Crippen LogP contribution in [0.2, 0.25) is 0 Å². The van der Waals surface area contributed by atoms with Crippen molar-refractivity contribution >= 4 is 11.9 Å². The highest BCUT2D eigenvalue weighted by molar-refractivity contribution is 5.84. The normalized spacial score (nSPS) is 13.8. The van der Waals surface area contributed by atoms with Crippen LogP contribution in [0.5, 0.6) is 0 Å². The number of benzene rings is 1. The number of aliphatic carboxylic acids is 1. The summed E-state index contributed by atoms with van der Waals surface area (Å²) in [5.41, 5.74) is 6.02. The van der Waals surface area contributed by atoms with Crippen molar-refractivity contribution < 1.29 is 14.7 Å². The van der Waals surface area contributed by atoms with Gasteiger partial charge in [0.1, 0.15) is 0 Å². The van der Waals surface area contributed by atoms with Crippen LogP contribution < -0.4 is 11.1 Å². The molecule has 0 radical (unpaired) electrons. The SMILES string of the molecule is CC(N)CC(=O)N[C@@H](C(=O)O)c1ccccc1. The van der Waals surface area contributed by atoms with Crippen molar-refractivity contribution in [2.75, 3.05) is 0 Å². The predicted octanol–water partition coefficient (Wildman–Crippen LogP) is 0.666. The van der Waals surface area contributed by atoms with Gasteiger partial charge in [0.2, 0.25) is 5.91 Å². The van der Waals surface area contributed by atoms with Crippen LogP contribution in [0.1, 0.15) is 24.9 Å². The summed E-state index contributed by atoms with van der Waals surface area (Å²) in [4.78, 5) is 22.6. The van der Waals surface area contributed by atoms with Crippen molar-refractivity contribution in [2.45, 2.75) is 25.4 Å². The van der Waals surface area contributed by atoms with Crippen LogP contribution in [-0.4, -0.2) is 23.0 Å². The number of carboxylic acid groups (broad SMARTS) is 1. The van der Waals surface area contributed by atoms with E-state index in [4.69, 9.17) is 10.8 Å². The molecule has 1 unspecified atom stereocenters. The Bertz CT molecular complexity index is 390. The highest BCUT2D eigenvalue weighted by atomic mass is 16.4. The minimum absolute atomic E-state index is 0.108. The van der Waals surface area contributed by atoms with E-state index < -0.39 is 12.0 Å². The molecular weight excluding hydrogens is 220 g/mol. The lowest BCUT2D eigenvalue weighted by Gasteiger charge is -2.15. The van der Waals surface area contributed by atoms with Gasteiger partial charge in [-0.3, -0.25) is 4.79 Å². The van der Waals surface area contributed by atoms with E-state index in [1.54, 1.807) is 37.3 Å². The Morgan fingerprint density at radius 1 is 1.35 bits per heavy atom. The molecule has 0 spiro atoms. The van der Waals surface area contributed by atoms with Crippen molar-refractivity contribution in [1.29, 1.82) is 0 Å². The summed E-state index contributed by atoms with van der Waals surface area (Å²) in [6.45, 7) is 1.69. The summed E-state index contributed by atoms with van der Waals surface area (Å²) in [5.74, 6) is -1.45. The summed E-state index contributed by atoms with van der Waals surface area (Å²) >= 11 is 0. The monoisotopic (exact) mass is 236 g/mol. The smallest absolute Gasteiger partial charge is 0.330 e. The second-order valence-corrected chi connectivity index (χ2v) is 3.93. The van der Waals surface area contributed by atoms with Gasteiger partial charge in [0.25, 0.3) is 0 Å². The third kappa shape index (κ3) is 4.24. The number of carbonyl (C=O) groups excluding carboxylic acids is 1. The molecule has 0 saturated heterocycles. The number of nitrogens with one attached hydrogen (secondary N) is 1. The molecule has 4 N–H and O–H groups in total. The molecule has 0 saturated carbocycles. The Kier molecular flexibility index (Phi) is 4.66. The van der Waals surface area contributed by atoms with Gasteiger partial charge in [-0.05, 0) is 12.5 Å². The second-order valence-electron chi connectivity index (χ2n) is 3.93. The molecule has 5 nitrogen and oxygen atoms in total. The topological polar surface area (TPSA) is 92.4 Å². The van der Waals surface area contributed by atoms with Gasteiger partial charge in [-0.2, -0.15) is 0 Å². The van der Waals surface area contributed by atoms with Crippen molar-refractivity contribution in [3.05, 3.63) is 35.9 Å². The van der Waals surface area contributed by atoms with Crippen LogP contribution in [0.4, 0.5) is 0 Å². The second kappa shape index (κ2) is 6.00. The van der Waals surface area contributed by atoms with Gasteiger partial charge in [0.15, 0.2) is 6.04 Å². The first-order valence-corrected chi connectivity index (χ1v) is 5.33. The zero-order chi connectivity index (χ0) is 12.8. The summed E-state index contributed by atoms with van der Waals surface area (Å²) in [5, 5.41) is 11.5. The lowest BCUT2D eigenvalue weighted by atomic mass is 10.1. The molecule has 0 heterocycles. The van der Waals surface area contributed by atoms with E-state index in [0.29, 0.717) is 5.56 Å². The average Bonchev–Trinajstić information content (AvgIpc) is 2.25. The Labute approximate surface area is 99.6 Å². The molecular formula is C12H16N2O3. The van der Waals surface area contributed by atoms with Crippen molar-refractivity contribution in [3.63, 3.8) is 0 Å². The third-order valence-electron chi connectivity index (χ3n) is 2.19. The van der Waals surface area contributed by atoms with Crippen molar-refractivity contribution in [3.8, 4) is 0 Å². The summed E-state index contributed by atoms with van der Waals surface area (Å²) in [7, 11) is 0.